The minimum absolute atomic E-state index is 0.000902. The van der Waals surface area contributed by atoms with Crippen LogP contribution in [0, 0.1) is 19.8 Å². The highest BCUT2D eigenvalue weighted by Crippen LogP contribution is 2.38. The number of hydrogen-bond donors (Lipinski definition) is 1. The van der Waals surface area contributed by atoms with Crippen LogP contribution < -0.4 is 5.32 Å². The number of rotatable bonds is 7. The molecule has 0 aliphatic heterocycles. The predicted molar refractivity (Wildman–Crippen MR) is 124 cm³/mol. The number of benzene rings is 1. The molecule has 3 rings (SSSR count). The minimum atomic E-state index is -0.827. The van der Waals surface area contributed by atoms with Crippen LogP contribution in [0.25, 0.3) is 11.3 Å². The van der Waals surface area contributed by atoms with Crippen LogP contribution in [0.15, 0.2) is 30.5 Å². The summed E-state index contributed by atoms with van der Waals surface area (Å²) in [6, 6.07) is 7.48. The number of aromatic nitrogens is 1. The van der Waals surface area contributed by atoms with Gasteiger partial charge in [-0.2, -0.15) is 0 Å². The third-order valence-corrected chi connectivity index (χ3v) is 6.00. The van der Waals surface area contributed by atoms with Crippen molar-refractivity contribution in [2.45, 2.75) is 52.0 Å². The molecule has 2 aromatic rings. The van der Waals surface area contributed by atoms with E-state index in [1.165, 1.54) is 0 Å². The Kier molecular flexibility index (Phi) is 7.16. The molecule has 0 bridgehead atoms. The third kappa shape index (κ3) is 5.25. The maximum absolute atomic E-state index is 13.2. The number of amides is 1. The molecule has 1 aliphatic rings. The first-order chi connectivity index (χ1) is 15.0. The molecule has 170 valence electrons. The summed E-state index contributed by atoms with van der Waals surface area (Å²) < 4.78 is 5.12. The van der Waals surface area contributed by atoms with Crippen molar-refractivity contribution in [2.24, 2.45) is 5.92 Å². The van der Waals surface area contributed by atoms with Crippen molar-refractivity contribution >= 4 is 29.1 Å². The molecule has 1 aromatic heterocycles. The lowest BCUT2D eigenvalue weighted by molar-refractivity contribution is -0.129. The summed E-state index contributed by atoms with van der Waals surface area (Å²) in [5.74, 6) is -2.00. The summed E-state index contributed by atoms with van der Waals surface area (Å²) in [4.78, 5) is 42.9. The molecule has 1 fully saturated rings. The Labute approximate surface area is 193 Å². The highest BCUT2D eigenvalue weighted by molar-refractivity contribution is 6.30. The summed E-state index contributed by atoms with van der Waals surface area (Å²) in [6.07, 6.45) is 1.67. The molecular weight excluding hydrogens is 428 g/mol. The fourth-order valence-electron chi connectivity index (χ4n) is 4.51. The zero-order chi connectivity index (χ0) is 23.6. The Morgan fingerprint density at radius 2 is 1.88 bits per heavy atom. The van der Waals surface area contributed by atoms with Crippen molar-refractivity contribution in [1.29, 1.82) is 0 Å². The fourth-order valence-corrected chi connectivity index (χ4v) is 4.62. The van der Waals surface area contributed by atoms with E-state index in [0.717, 1.165) is 27.9 Å². The zero-order valence-electron chi connectivity index (χ0n) is 19.1. The molecule has 6 nitrogen and oxygen atoms in total. The van der Waals surface area contributed by atoms with E-state index in [1.807, 2.05) is 45.9 Å². The number of nitrogens with one attached hydrogen (secondary N) is 1. The molecule has 1 heterocycles. The summed E-state index contributed by atoms with van der Waals surface area (Å²) in [6.45, 7) is 7.85. The molecule has 1 saturated carbocycles. The van der Waals surface area contributed by atoms with E-state index < -0.39 is 17.4 Å². The van der Waals surface area contributed by atoms with E-state index >= 15 is 0 Å². The van der Waals surface area contributed by atoms with Gasteiger partial charge in [0.05, 0.1) is 22.9 Å². The number of hydrogen-bond acceptors (Lipinski definition) is 5. The van der Waals surface area contributed by atoms with E-state index in [0.29, 0.717) is 11.6 Å². The number of nitrogens with zero attached hydrogens (tertiary/aromatic N) is 1. The number of Topliss-reactive ketones (excluding diaryl/α,β-unsaturated/α-hetero) is 2. The van der Waals surface area contributed by atoms with Gasteiger partial charge in [0, 0.05) is 37.6 Å². The van der Waals surface area contributed by atoms with E-state index in [4.69, 9.17) is 16.3 Å². The Balaban J connectivity index is 1.81. The van der Waals surface area contributed by atoms with Gasteiger partial charge in [0.15, 0.2) is 5.78 Å². The Hall–Kier alpha value is -2.57. The number of carbonyl (C=O) groups is 3. The number of ether oxygens (including phenoxy) is 1. The molecule has 2 atom stereocenters. The fraction of sp³-hybridized carbons (Fsp3) is 0.440. The van der Waals surface area contributed by atoms with Crippen molar-refractivity contribution in [3.05, 3.63) is 52.2 Å². The van der Waals surface area contributed by atoms with Gasteiger partial charge in [0.1, 0.15) is 11.7 Å². The molecule has 0 radical (unpaired) electrons. The van der Waals surface area contributed by atoms with Crippen LogP contribution in [0.1, 0.15) is 49.3 Å². The average molecular weight is 457 g/mol. The smallest absolute Gasteiger partial charge is 0.221 e. The van der Waals surface area contributed by atoms with Gasteiger partial charge in [-0.25, -0.2) is 0 Å². The highest BCUT2D eigenvalue weighted by atomic mass is 35.5. The molecule has 0 saturated heterocycles. The molecule has 32 heavy (non-hydrogen) atoms. The Morgan fingerprint density at radius 1 is 1.22 bits per heavy atom. The number of halogens is 1. The maximum Gasteiger partial charge on any atom is 0.221 e. The lowest BCUT2D eigenvalue weighted by Crippen LogP contribution is -2.47. The van der Waals surface area contributed by atoms with Crippen LogP contribution in [0.3, 0.4) is 0 Å². The van der Waals surface area contributed by atoms with Gasteiger partial charge in [-0.3, -0.25) is 19.4 Å². The maximum atomic E-state index is 13.2. The van der Waals surface area contributed by atoms with Crippen LogP contribution in [0.2, 0.25) is 5.02 Å². The topological polar surface area (TPSA) is 85.4 Å². The van der Waals surface area contributed by atoms with Crippen LogP contribution in [-0.2, 0) is 19.1 Å². The Morgan fingerprint density at radius 3 is 2.44 bits per heavy atom. The van der Waals surface area contributed by atoms with E-state index in [2.05, 4.69) is 10.3 Å². The van der Waals surface area contributed by atoms with E-state index in [-0.39, 0.29) is 30.3 Å². The minimum Gasteiger partial charge on any atom is -0.382 e. The van der Waals surface area contributed by atoms with Gasteiger partial charge in [0.25, 0.3) is 0 Å². The SMILES string of the molecule is COCC(C)(C)NC(=O)CC1CC(=O)C(c2c(C)cc(-c3ccc(Cl)cn3)cc2C)C1=O. The number of pyridine rings is 1. The third-order valence-electron chi connectivity index (χ3n) is 5.78. The average Bonchev–Trinajstić information content (AvgIpc) is 2.95. The van der Waals surface area contributed by atoms with Crippen LogP contribution in [-0.4, -0.2) is 41.7 Å². The predicted octanol–water partition coefficient (Wildman–Crippen LogP) is 4.19. The van der Waals surface area contributed by atoms with Crippen molar-refractivity contribution in [3.8, 4) is 11.3 Å². The summed E-state index contributed by atoms with van der Waals surface area (Å²) in [7, 11) is 1.57. The van der Waals surface area contributed by atoms with Crippen LogP contribution >= 0.6 is 11.6 Å². The summed E-state index contributed by atoms with van der Waals surface area (Å²) >= 11 is 5.93. The van der Waals surface area contributed by atoms with Gasteiger partial charge in [0.2, 0.25) is 5.91 Å². The second-order valence-electron chi connectivity index (χ2n) is 9.16. The second-order valence-corrected chi connectivity index (χ2v) is 9.59. The normalized spacial score (nSPS) is 18.8. The first-order valence-corrected chi connectivity index (χ1v) is 11.0. The largest absolute Gasteiger partial charge is 0.382 e. The lowest BCUT2D eigenvalue weighted by Gasteiger charge is -2.25. The summed E-state index contributed by atoms with van der Waals surface area (Å²) in [5.41, 5.74) is 3.57. The highest BCUT2D eigenvalue weighted by Gasteiger charge is 2.44. The number of methoxy groups -OCH3 is 1. The molecule has 7 heteroatoms. The summed E-state index contributed by atoms with van der Waals surface area (Å²) in [5, 5.41) is 3.44. The second kappa shape index (κ2) is 9.51. The van der Waals surface area contributed by atoms with Crippen LogP contribution in [0.4, 0.5) is 0 Å². The standard InChI is InChI=1S/C25H29ClN2O4/c1-14-8-16(19-7-6-18(26)12-27-19)9-15(2)22(14)23-20(29)10-17(24(23)31)11-21(30)28-25(3,4)13-32-5/h6-9,12,17,23H,10-11,13H2,1-5H3,(H,28,30). The number of aryl methyl sites for hydroxylation is 2. The van der Waals surface area contributed by atoms with Gasteiger partial charge in [-0.1, -0.05) is 11.6 Å². The number of carbonyl (C=O) groups excluding carboxylic acids is 3. The van der Waals surface area contributed by atoms with Gasteiger partial charge < -0.3 is 10.1 Å². The first-order valence-electron chi connectivity index (χ1n) is 10.6. The van der Waals surface area contributed by atoms with Crippen molar-refractivity contribution in [3.63, 3.8) is 0 Å². The first kappa shape index (κ1) is 24.1. The Bertz CT molecular complexity index is 1020. The number of ketones is 2. The zero-order valence-corrected chi connectivity index (χ0v) is 19.9. The molecule has 0 spiro atoms. The van der Waals surface area contributed by atoms with E-state index in [1.54, 1.807) is 19.4 Å². The van der Waals surface area contributed by atoms with Crippen molar-refractivity contribution in [1.82, 2.24) is 10.3 Å². The van der Waals surface area contributed by atoms with Crippen molar-refractivity contribution < 1.29 is 19.1 Å². The molecule has 2 unspecified atom stereocenters. The van der Waals surface area contributed by atoms with E-state index in [9.17, 15) is 14.4 Å². The quantitative estimate of drug-likeness (QED) is 0.631. The van der Waals surface area contributed by atoms with Crippen molar-refractivity contribution in [2.75, 3.05) is 13.7 Å². The van der Waals surface area contributed by atoms with Crippen LogP contribution in [0.5, 0.6) is 0 Å². The van der Waals surface area contributed by atoms with Gasteiger partial charge in [-0.05, 0) is 68.7 Å². The van der Waals surface area contributed by atoms with Gasteiger partial charge >= 0.3 is 0 Å². The monoisotopic (exact) mass is 456 g/mol. The molecule has 1 aliphatic carbocycles. The molecule has 1 aromatic carbocycles. The van der Waals surface area contributed by atoms with Gasteiger partial charge in [-0.15, -0.1) is 0 Å². The molecule has 1 N–H and O–H groups in total. The molecular formula is C25H29ClN2O4. The lowest BCUT2D eigenvalue weighted by atomic mass is 9.85. The molecule has 1 amide bonds.